The van der Waals surface area contributed by atoms with Crippen molar-refractivity contribution in [2.75, 3.05) is 5.32 Å². The lowest BCUT2D eigenvalue weighted by Gasteiger charge is -2.07. The first-order chi connectivity index (χ1) is 13.3. The van der Waals surface area contributed by atoms with Gasteiger partial charge in [0.15, 0.2) is 0 Å². The first-order valence-electron chi connectivity index (χ1n) is 8.81. The molecule has 0 saturated carbocycles. The van der Waals surface area contributed by atoms with Gasteiger partial charge >= 0.3 is 0 Å². The van der Waals surface area contributed by atoms with E-state index in [2.05, 4.69) is 20.4 Å². The van der Waals surface area contributed by atoms with Crippen LogP contribution in [0.2, 0.25) is 0 Å². The summed E-state index contributed by atoms with van der Waals surface area (Å²) in [7, 11) is 0. The second-order valence-corrected chi connectivity index (χ2v) is 6.16. The molecule has 2 aromatic heterocycles. The molecule has 0 atom stereocenters. The molecule has 4 rings (SSSR count). The Morgan fingerprint density at radius 1 is 1.00 bits per heavy atom. The molecule has 2 aromatic carbocycles. The van der Waals surface area contributed by atoms with Gasteiger partial charge in [0, 0.05) is 30.0 Å². The van der Waals surface area contributed by atoms with E-state index >= 15 is 0 Å². The monoisotopic (exact) mass is 358 g/mol. The van der Waals surface area contributed by atoms with Gasteiger partial charge in [-0.15, -0.1) is 0 Å². The van der Waals surface area contributed by atoms with Crippen LogP contribution in [-0.4, -0.2) is 21.0 Å². The molecule has 4 aromatic rings. The van der Waals surface area contributed by atoms with Crippen molar-refractivity contribution in [3.05, 3.63) is 72.8 Å². The molecule has 27 heavy (non-hydrogen) atoms. The van der Waals surface area contributed by atoms with Crippen LogP contribution in [0.25, 0.3) is 22.3 Å². The Kier molecular flexibility index (Phi) is 4.87. The number of rotatable bonds is 6. The summed E-state index contributed by atoms with van der Waals surface area (Å²) in [5, 5.41) is 7.88. The second-order valence-electron chi connectivity index (χ2n) is 6.16. The highest BCUT2D eigenvalue weighted by molar-refractivity contribution is 6.00. The van der Waals surface area contributed by atoms with Crippen LogP contribution in [0.15, 0.2) is 71.4 Å². The number of benzene rings is 2. The number of nitrogens with zero attached hydrogens (tertiary/aromatic N) is 3. The lowest BCUT2D eigenvalue weighted by Crippen LogP contribution is -2.11. The Morgan fingerprint density at radius 3 is 2.78 bits per heavy atom. The van der Waals surface area contributed by atoms with Crippen molar-refractivity contribution in [1.82, 2.24) is 15.1 Å². The minimum absolute atomic E-state index is 0.0471. The van der Waals surface area contributed by atoms with E-state index in [1.54, 1.807) is 6.20 Å². The van der Waals surface area contributed by atoms with Crippen LogP contribution >= 0.6 is 0 Å². The largest absolute Gasteiger partial charge is 0.339 e. The molecule has 2 heterocycles. The van der Waals surface area contributed by atoms with E-state index in [4.69, 9.17) is 4.52 Å². The van der Waals surface area contributed by atoms with Crippen LogP contribution in [0.3, 0.4) is 0 Å². The first-order valence-corrected chi connectivity index (χ1v) is 8.81. The van der Waals surface area contributed by atoms with Gasteiger partial charge < -0.3 is 9.84 Å². The molecule has 0 saturated heterocycles. The number of amides is 1. The molecule has 0 aliphatic heterocycles. The zero-order valence-electron chi connectivity index (χ0n) is 14.6. The maximum Gasteiger partial charge on any atom is 0.226 e. The molecule has 134 valence electrons. The minimum atomic E-state index is -0.0471. The Morgan fingerprint density at radius 2 is 1.89 bits per heavy atom. The number of fused-ring (bicyclic) bond motifs is 1. The van der Waals surface area contributed by atoms with Crippen molar-refractivity contribution in [3.63, 3.8) is 0 Å². The third-order valence-corrected chi connectivity index (χ3v) is 4.21. The maximum atomic E-state index is 12.3. The van der Waals surface area contributed by atoms with Crippen LogP contribution in [0, 0.1) is 0 Å². The Balaban J connectivity index is 1.33. The lowest BCUT2D eigenvalue weighted by atomic mass is 10.1. The lowest BCUT2D eigenvalue weighted by molar-refractivity contribution is -0.116. The van der Waals surface area contributed by atoms with Gasteiger partial charge in [-0.05, 0) is 30.7 Å². The summed E-state index contributed by atoms with van der Waals surface area (Å²) in [6, 6.07) is 19.2. The number of carbonyl (C=O) groups is 1. The molecule has 0 fully saturated rings. The van der Waals surface area contributed by atoms with Gasteiger partial charge in [0.25, 0.3) is 0 Å². The molecule has 0 spiro atoms. The van der Waals surface area contributed by atoms with Crippen LogP contribution < -0.4 is 5.32 Å². The summed E-state index contributed by atoms with van der Waals surface area (Å²) >= 11 is 0. The van der Waals surface area contributed by atoms with Gasteiger partial charge in [-0.2, -0.15) is 4.98 Å². The first kappa shape index (κ1) is 16.9. The maximum absolute atomic E-state index is 12.3. The van der Waals surface area contributed by atoms with Gasteiger partial charge in [-0.3, -0.25) is 9.78 Å². The number of carbonyl (C=O) groups excluding carboxylic acids is 1. The zero-order chi connectivity index (χ0) is 18.5. The van der Waals surface area contributed by atoms with Crippen molar-refractivity contribution in [2.24, 2.45) is 0 Å². The molecule has 0 aliphatic rings. The summed E-state index contributed by atoms with van der Waals surface area (Å²) in [6.45, 7) is 0. The Bertz CT molecular complexity index is 1050. The quantitative estimate of drug-likeness (QED) is 0.557. The molecule has 6 nitrogen and oxygen atoms in total. The normalized spacial score (nSPS) is 10.8. The molecule has 0 aliphatic carbocycles. The van der Waals surface area contributed by atoms with Crippen LogP contribution in [0.1, 0.15) is 18.7 Å². The van der Waals surface area contributed by atoms with E-state index in [0.717, 1.165) is 22.2 Å². The van der Waals surface area contributed by atoms with E-state index < -0.39 is 0 Å². The number of aromatic nitrogens is 3. The van der Waals surface area contributed by atoms with Gasteiger partial charge in [0.05, 0.1) is 11.2 Å². The zero-order valence-corrected chi connectivity index (χ0v) is 14.6. The van der Waals surface area contributed by atoms with Crippen LogP contribution in [0.4, 0.5) is 5.69 Å². The molecular formula is C21H18N4O2. The van der Waals surface area contributed by atoms with Crippen LogP contribution in [0.5, 0.6) is 0 Å². The van der Waals surface area contributed by atoms with Crippen molar-refractivity contribution in [1.29, 1.82) is 0 Å². The van der Waals surface area contributed by atoms with Gasteiger partial charge in [-0.1, -0.05) is 41.6 Å². The number of anilines is 1. The van der Waals surface area contributed by atoms with E-state index in [0.29, 0.717) is 31.0 Å². The predicted octanol–water partition coefficient (Wildman–Crippen LogP) is 4.25. The number of pyridine rings is 1. The number of nitrogens with one attached hydrogen (secondary N) is 1. The average molecular weight is 358 g/mol. The molecule has 1 amide bonds. The summed E-state index contributed by atoms with van der Waals surface area (Å²) < 4.78 is 5.28. The Labute approximate surface area is 156 Å². The second kappa shape index (κ2) is 7.78. The number of aryl methyl sites for hydroxylation is 1. The molecule has 1 N–H and O–H groups in total. The topological polar surface area (TPSA) is 80.9 Å². The number of hydrogen-bond acceptors (Lipinski definition) is 5. The molecule has 0 bridgehead atoms. The summed E-state index contributed by atoms with van der Waals surface area (Å²) in [4.78, 5) is 21.0. The van der Waals surface area contributed by atoms with Gasteiger partial charge in [0.2, 0.25) is 17.6 Å². The number of hydrogen-bond donors (Lipinski definition) is 1. The fourth-order valence-electron chi connectivity index (χ4n) is 2.89. The third kappa shape index (κ3) is 4.00. The van der Waals surface area contributed by atoms with Crippen molar-refractivity contribution < 1.29 is 9.32 Å². The molecule has 0 unspecified atom stereocenters. The summed E-state index contributed by atoms with van der Waals surface area (Å²) in [5.74, 6) is 1.06. The summed E-state index contributed by atoms with van der Waals surface area (Å²) in [6.07, 6.45) is 3.30. The van der Waals surface area contributed by atoms with E-state index in [9.17, 15) is 4.79 Å². The highest BCUT2D eigenvalue weighted by atomic mass is 16.5. The molecular weight excluding hydrogens is 340 g/mol. The average Bonchev–Trinajstić information content (AvgIpc) is 3.18. The van der Waals surface area contributed by atoms with Crippen molar-refractivity contribution in [2.45, 2.75) is 19.3 Å². The third-order valence-electron chi connectivity index (χ3n) is 4.21. The van der Waals surface area contributed by atoms with Crippen molar-refractivity contribution >= 4 is 22.5 Å². The Hall–Kier alpha value is -3.54. The SMILES string of the molecule is O=C(CCCc1nc(-c2ccccc2)no1)Nc1cccc2ncccc12. The van der Waals surface area contributed by atoms with Crippen LogP contribution in [-0.2, 0) is 11.2 Å². The highest BCUT2D eigenvalue weighted by Crippen LogP contribution is 2.21. The summed E-state index contributed by atoms with van der Waals surface area (Å²) in [5.41, 5.74) is 2.54. The smallest absolute Gasteiger partial charge is 0.226 e. The van der Waals surface area contributed by atoms with Gasteiger partial charge in [0.1, 0.15) is 0 Å². The molecule has 6 heteroatoms. The fraction of sp³-hybridized carbons (Fsp3) is 0.143. The molecule has 0 radical (unpaired) electrons. The highest BCUT2D eigenvalue weighted by Gasteiger charge is 2.10. The van der Waals surface area contributed by atoms with Crippen molar-refractivity contribution in [3.8, 4) is 11.4 Å². The standard InChI is InChI=1S/C21H18N4O2/c26-19(23-18-11-4-10-17-16(18)9-6-14-22-17)12-5-13-20-24-21(25-27-20)15-7-2-1-3-8-15/h1-4,6-11,14H,5,12-13H2,(H,23,26). The fourth-order valence-corrected chi connectivity index (χ4v) is 2.89. The predicted molar refractivity (Wildman–Crippen MR) is 103 cm³/mol. The van der Waals surface area contributed by atoms with E-state index in [-0.39, 0.29) is 5.91 Å². The van der Waals surface area contributed by atoms with Gasteiger partial charge in [-0.25, -0.2) is 0 Å². The van der Waals surface area contributed by atoms with E-state index in [1.165, 1.54) is 0 Å². The minimum Gasteiger partial charge on any atom is -0.339 e. The van der Waals surface area contributed by atoms with E-state index in [1.807, 2.05) is 60.7 Å².